The number of benzene rings is 1. The van der Waals surface area contributed by atoms with Crippen LogP contribution in [0, 0.1) is 0 Å². The Morgan fingerprint density at radius 2 is 2.25 bits per heavy atom. The molecule has 0 spiro atoms. The third kappa shape index (κ3) is 3.65. The lowest BCUT2D eigenvalue weighted by Crippen LogP contribution is -2.00. The van der Waals surface area contributed by atoms with E-state index in [1.54, 1.807) is 13.0 Å². The SMILES string of the molecule is CCOC(=O)C=C(C)c1ccc(Br)cc1Cl. The fourth-order valence-corrected chi connectivity index (χ4v) is 2.07. The van der Waals surface area contributed by atoms with Crippen LogP contribution in [0.5, 0.6) is 0 Å². The lowest BCUT2D eigenvalue weighted by Gasteiger charge is -2.05. The maximum atomic E-state index is 11.3. The molecule has 0 N–H and O–H groups in total. The first-order valence-corrected chi connectivity index (χ1v) is 6.02. The lowest BCUT2D eigenvalue weighted by atomic mass is 10.1. The molecule has 2 nitrogen and oxygen atoms in total. The molecule has 0 aliphatic carbocycles. The first kappa shape index (κ1) is 13.3. The Balaban J connectivity index is 2.96. The lowest BCUT2D eigenvalue weighted by molar-refractivity contribution is -0.137. The van der Waals surface area contributed by atoms with Gasteiger partial charge in [0.25, 0.3) is 0 Å². The highest BCUT2D eigenvalue weighted by atomic mass is 79.9. The van der Waals surface area contributed by atoms with E-state index in [1.165, 1.54) is 6.08 Å². The molecule has 0 radical (unpaired) electrons. The van der Waals surface area contributed by atoms with Crippen LogP contribution in [0.15, 0.2) is 28.7 Å². The summed E-state index contributed by atoms with van der Waals surface area (Å²) < 4.78 is 5.74. The highest BCUT2D eigenvalue weighted by Gasteiger charge is 2.05. The van der Waals surface area contributed by atoms with E-state index in [0.717, 1.165) is 15.6 Å². The summed E-state index contributed by atoms with van der Waals surface area (Å²) in [6.45, 7) is 3.97. The second-order valence-electron chi connectivity index (χ2n) is 3.20. The van der Waals surface area contributed by atoms with Crippen molar-refractivity contribution in [2.75, 3.05) is 6.61 Å². The minimum absolute atomic E-state index is 0.348. The number of hydrogen-bond donors (Lipinski definition) is 0. The van der Waals surface area contributed by atoms with Gasteiger partial charge in [-0.3, -0.25) is 0 Å². The number of ether oxygens (including phenoxy) is 1. The highest BCUT2D eigenvalue weighted by molar-refractivity contribution is 9.10. The van der Waals surface area contributed by atoms with Gasteiger partial charge in [0.1, 0.15) is 0 Å². The minimum Gasteiger partial charge on any atom is -0.463 e. The van der Waals surface area contributed by atoms with Crippen LogP contribution in [0.25, 0.3) is 5.57 Å². The Kier molecular flexibility index (Phi) is 5.03. The molecule has 0 atom stereocenters. The molecule has 0 saturated heterocycles. The van der Waals surface area contributed by atoms with Crippen LogP contribution >= 0.6 is 27.5 Å². The number of rotatable bonds is 3. The van der Waals surface area contributed by atoms with Gasteiger partial charge < -0.3 is 4.74 Å². The number of allylic oxidation sites excluding steroid dienone is 1. The maximum Gasteiger partial charge on any atom is 0.331 e. The number of carbonyl (C=O) groups excluding carboxylic acids is 1. The molecule has 0 saturated carbocycles. The van der Waals surface area contributed by atoms with Crippen molar-refractivity contribution in [2.24, 2.45) is 0 Å². The molecule has 1 aromatic carbocycles. The van der Waals surface area contributed by atoms with Crippen molar-refractivity contribution in [3.05, 3.63) is 39.3 Å². The quantitative estimate of drug-likeness (QED) is 0.621. The summed E-state index contributed by atoms with van der Waals surface area (Å²) in [6, 6.07) is 5.53. The van der Waals surface area contributed by atoms with Crippen molar-refractivity contribution in [1.82, 2.24) is 0 Å². The summed E-state index contributed by atoms with van der Waals surface area (Å²) in [5.41, 5.74) is 1.62. The Hall–Kier alpha value is -0.800. The minimum atomic E-state index is -0.348. The van der Waals surface area contributed by atoms with Gasteiger partial charge in [-0.05, 0) is 37.1 Å². The molecule has 0 unspecified atom stereocenters. The van der Waals surface area contributed by atoms with E-state index in [9.17, 15) is 4.79 Å². The Morgan fingerprint density at radius 1 is 1.56 bits per heavy atom. The normalized spacial score (nSPS) is 11.4. The van der Waals surface area contributed by atoms with Gasteiger partial charge in [-0.15, -0.1) is 0 Å². The summed E-state index contributed by atoms with van der Waals surface area (Å²) in [6.07, 6.45) is 1.44. The molecule has 16 heavy (non-hydrogen) atoms. The van der Waals surface area contributed by atoms with Crippen LogP contribution in [0.1, 0.15) is 19.4 Å². The second kappa shape index (κ2) is 6.06. The van der Waals surface area contributed by atoms with Crippen LogP contribution in [0.4, 0.5) is 0 Å². The summed E-state index contributed by atoms with van der Waals surface area (Å²) in [7, 11) is 0. The van der Waals surface area contributed by atoms with Gasteiger partial charge in [0, 0.05) is 15.6 Å². The van der Waals surface area contributed by atoms with E-state index in [-0.39, 0.29) is 5.97 Å². The van der Waals surface area contributed by atoms with E-state index in [1.807, 2.05) is 19.1 Å². The molecule has 4 heteroatoms. The van der Waals surface area contributed by atoms with E-state index in [0.29, 0.717) is 11.6 Å². The van der Waals surface area contributed by atoms with Gasteiger partial charge in [0.15, 0.2) is 0 Å². The number of carbonyl (C=O) groups is 1. The van der Waals surface area contributed by atoms with Crippen molar-refractivity contribution in [1.29, 1.82) is 0 Å². The molecule has 0 heterocycles. The molecule has 1 rings (SSSR count). The first-order valence-electron chi connectivity index (χ1n) is 4.85. The van der Waals surface area contributed by atoms with E-state index < -0.39 is 0 Å². The largest absolute Gasteiger partial charge is 0.463 e. The van der Waals surface area contributed by atoms with Crippen molar-refractivity contribution in [3.63, 3.8) is 0 Å². The summed E-state index contributed by atoms with van der Waals surface area (Å²) >= 11 is 9.39. The molecular formula is C12H12BrClO2. The van der Waals surface area contributed by atoms with Gasteiger partial charge in [-0.25, -0.2) is 4.79 Å². The molecule has 0 amide bonds. The fourth-order valence-electron chi connectivity index (χ4n) is 1.25. The first-order chi connectivity index (χ1) is 7.54. The predicted octanol–water partition coefficient (Wildman–Crippen LogP) is 4.07. The maximum absolute atomic E-state index is 11.3. The Labute approximate surface area is 108 Å². The van der Waals surface area contributed by atoms with Gasteiger partial charge in [0.2, 0.25) is 0 Å². The van der Waals surface area contributed by atoms with Crippen LogP contribution in [0.2, 0.25) is 5.02 Å². The predicted molar refractivity (Wildman–Crippen MR) is 69.4 cm³/mol. The average Bonchev–Trinajstić information content (AvgIpc) is 2.17. The van der Waals surface area contributed by atoms with Gasteiger partial charge in [-0.2, -0.15) is 0 Å². The van der Waals surface area contributed by atoms with Crippen molar-refractivity contribution in [2.45, 2.75) is 13.8 Å². The number of esters is 1. The number of hydrogen-bond acceptors (Lipinski definition) is 2. The summed E-state index contributed by atoms with van der Waals surface area (Å²) in [5.74, 6) is -0.348. The molecule has 0 aliphatic rings. The zero-order chi connectivity index (χ0) is 12.1. The topological polar surface area (TPSA) is 26.3 Å². The van der Waals surface area contributed by atoms with Gasteiger partial charge in [0.05, 0.1) is 6.61 Å². The molecule has 0 aliphatic heterocycles. The van der Waals surface area contributed by atoms with Crippen molar-refractivity contribution in [3.8, 4) is 0 Å². The van der Waals surface area contributed by atoms with Gasteiger partial charge in [-0.1, -0.05) is 33.6 Å². The summed E-state index contributed by atoms with van der Waals surface area (Å²) in [4.78, 5) is 11.3. The standard InChI is InChI=1S/C12H12BrClO2/c1-3-16-12(15)6-8(2)10-5-4-9(13)7-11(10)14/h4-7H,3H2,1-2H3. The zero-order valence-corrected chi connectivity index (χ0v) is 11.4. The molecule has 0 aromatic heterocycles. The smallest absolute Gasteiger partial charge is 0.331 e. The van der Waals surface area contributed by atoms with E-state index in [4.69, 9.17) is 16.3 Å². The van der Waals surface area contributed by atoms with E-state index >= 15 is 0 Å². The Morgan fingerprint density at radius 3 is 2.81 bits per heavy atom. The molecule has 1 aromatic rings. The molecular weight excluding hydrogens is 291 g/mol. The van der Waals surface area contributed by atoms with Crippen LogP contribution in [-0.2, 0) is 9.53 Å². The Bertz CT molecular complexity index is 427. The third-order valence-electron chi connectivity index (χ3n) is 1.98. The third-order valence-corrected chi connectivity index (χ3v) is 2.78. The average molecular weight is 304 g/mol. The van der Waals surface area contributed by atoms with Crippen LogP contribution in [0.3, 0.4) is 0 Å². The summed E-state index contributed by atoms with van der Waals surface area (Å²) in [5, 5.41) is 0.604. The van der Waals surface area contributed by atoms with Crippen molar-refractivity contribution >= 4 is 39.1 Å². The fraction of sp³-hybridized carbons (Fsp3) is 0.250. The second-order valence-corrected chi connectivity index (χ2v) is 4.53. The molecule has 86 valence electrons. The van der Waals surface area contributed by atoms with Crippen LogP contribution < -0.4 is 0 Å². The molecule has 0 fully saturated rings. The van der Waals surface area contributed by atoms with Crippen LogP contribution in [-0.4, -0.2) is 12.6 Å². The molecule has 0 bridgehead atoms. The monoisotopic (exact) mass is 302 g/mol. The number of halogens is 2. The van der Waals surface area contributed by atoms with E-state index in [2.05, 4.69) is 15.9 Å². The van der Waals surface area contributed by atoms with Gasteiger partial charge >= 0.3 is 5.97 Å². The van der Waals surface area contributed by atoms with Crippen molar-refractivity contribution < 1.29 is 9.53 Å². The zero-order valence-electron chi connectivity index (χ0n) is 9.09. The highest BCUT2D eigenvalue weighted by Crippen LogP contribution is 2.26.